The summed E-state index contributed by atoms with van der Waals surface area (Å²) in [6.07, 6.45) is 5.40. The van der Waals surface area contributed by atoms with Crippen molar-refractivity contribution < 1.29 is 18.7 Å². The number of rotatable bonds is 2. The lowest BCUT2D eigenvalue weighted by molar-refractivity contribution is -0.220. The first-order valence-corrected chi connectivity index (χ1v) is 10.0. The Hall–Kier alpha value is -2.02. The highest BCUT2D eigenvalue weighted by Crippen LogP contribution is 2.45. The number of nitrogen functional groups attached to an aromatic ring is 1. The maximum atomic E-state index is 14.3. The van der Waals surface area contributed by atoms with Gasteiger partial charge < -0.3 is 20.1 Å². The molecule has 6 nitrogen and oxygen atoms in total. The van der Waals surface area contributed by atoms with E-state index in [1.165, 1.54) is 6.07 Å². The van der Waals surface area contributed by atoms with E-state index < -0.39 is 0 Å². The minimum atomic E-state index is -0.333. The largest absolute Gasteiger partial charge is 0.444 e. The fourth-order valence-corrected chi connectivity index (χ4v) is 5.36. The van der Waals surface area contributed by atoms with E-state index in [4.69, 9.17) is 15.2 Å². The molecule has 0 radical (unpaired) electrons. The number of anilines is 2. The molecule has 4 aliphatic heterocycles. The van der Waals surface area contributed by atoms with Crippen molar-refractivity contribution in [1.82, 2.24) is 4.90 Å². The topological polar surface area (TPSA) is 68.0 Å². The first-order chi connectivity index (χ1) is 13.1. The van der Waals surface area contributed by atoms with Crippen LogP contribution in [0.15, 0.2) is 18.2 Å². The van der Waals surface area contributed by atoms with E-state index in [0.29, 0.717) is 29.9 Å². The normalized spacial score (nSPS) is 34.8. The maximum Gasteiger partial charge on any atom is 0.412 e. The van der Waals surface area contributed by atoms with Gasteiger partial charge in [0.1, 0.15) is 18.1 Å². The number of hydrogen-bond acceptors (Lipinski definition) is 5. The fourth-order valence-electron chi connectivity index (χ4n) is 5.36. The van der Waals surface area contributed by atoms with Gasteiger partial charge in [-0.15, -0.1) is 0 Å². The molecule has 4 bridgehead atoms. The van der Waals surface area contributed by atoms with Gasteiger partial charge in [-0.2, -0.15) is 0 Å². The predicted octanol–water partition coefficient (Wildman–Crippen LogP) is 3.11. The summed E-state index contributed by atoms with van der Waals surface area (Å²) in [6, 6.07) is 4.99. The number of nitrogens with zero attached hydrogens (tertiary/aromatic N) is 2. The Morgan fingerprint density at radius 2 is 2.15 bits per heavy atom. The molecule has 0 aromatic heterocycles. The van der Waals surface area contributed by atoms with Crippen LogP contribution in [0.3, 0.4) is 0 Å². The number of benzene rings is 1. The van der Waals surface area contributed by atoms with E-state index in [0.717, 1.165) is 45.1 Å². The number of carbonyl (C=O) groups is 1. The van der Waals surface area contributed by atoms with Crippen LogP contribution in [0, 0.1) is 11.7 Å². The average Bonchev–Trinajstić information content (AvgIpc) is 2.61. The van der Waals surface area contributed by atoms with E-state index in [2.05, 4.69) is 0 Å². The van der Waals surface area contributed by atoms with Crippen LogP contribution < -0.4 is 10.6 Å². The SMILES string of the molecule is Nc1ccc(N2CCCC(OC(=O)N3C4CC5CC(C4)OC3C5)C2)c(F)c1. The smallest absolute Gasteiger partial charge is 0.412 e. The van der Waals surface area contributed by atoms with Crippen LogP contribution in [-0.4, -0.2) is 48.6 Å². The van der Waals surface area contributed by atoms with Crippen LogP contribution in [0.5, 0.6) is 0 Å². The van der Waals surface area contributed by atoms with Gasteiger partial charge in [-0.3, -0.25) is 4.90 Å². The standard InChI is InChI=1S/C20H26FN3O3/c21-17-9-13(22)3-4-18(17)23-5-1-2-15(11-23)27-20(25)24-14-6-12-7-16(10-14)26-19(24)8-12/h3-4,9,12,14-16,19H,1-2,5-8,10-11,22H2. The third-order valence-electron chi connectivity index (χ3n) is 6.49. The van der Waals surface area contributed by atoms with Gasteiger partial charge in [0.05, 0.1) is 18.3 Å². The second-order valence-corrected chi connectivity index (χ2v) is 8.39. The number of halogens is 1. The number of hydrogen-bond donors (Lipinski definition) is 1. The molecule has 4 saturated heterocycles. The Kier molecular flexibility index (Phi) is 4.15. The molecule has 5 aliphatic rings. The lowest BCUT2D eigenvalue weighted by atomic mass is 9.75. The van der Waals surface area contributed by atoms with Crippen molar-refractivity contribution in [2.45, 2.75) is 63.0 Å². The Labute approximate surface area is 158 Å². The summed E-state index contributed by atoms with van der Waals surface area (Å²) in [7, 11) is 0. The highest BCUT2D eigenvalue weighted by Gasteiger charge is 2.50. The summed E-state index contributed by atoms with van der Waals surface area (Å²) in [6.45, 7) is 1.25. The molecule has 5 fully saturated rings. The molecule has 1 amide bonds. The van der Waals surface area contributed by atoms with Gasteiger partial charge in [0.15, 0.2) is 0 Å². The van der Waals surface area contributed by atoms with Crippen molar-refractivity contribution in [3.8, 4) is 0 Å². The third kappa shape index (κ3) is 3.12. The molecule has 146 valence electrons. The van der Waals surface area contributed by atoms with Crippen LogP contribution in [0.1, 0.15) is 38.5 Å². The molecular weight excluding hydrogens is 349 g/mol. The molecule has 0 spiro atoms. The summed E-state index contributed by atoms with van der Waals surface area (Å²) in [5.41, 5.74) is 6.57. The monoisotopic (exact) mass is 375 g/mol. The van der Waals surface area contributed by atoms with Gasteiger partial charge in [-0.05, 0) is 62.6 Å². The summed E-state index contributed by atoms with van der Waals surface area (Å²) < 4.78 is 26.1. The molecule has 6 rings (SSSR count). The molecule has 1 aromatic rings. The first-order valence-electron chi connectivity index (χ1n) is 10.0. The molecule has 1 saturated carbocycles. The van der Waals surface area contributed by atoms with Gasteiger partial charge in [0.25, 0.3) is 0 Å². The van der Waals surface area contributed by atoms with Gasteiger partial charge in [0, 0.05) is 18.3 Å². The molecule has 2 N–H and O–H groups in total. The fraction of sp³-hybridized carbons (Fsp3) is 0.650. The minimum absolute atomic E-state index is 0.122. The van der Waals surface area contributed by atoms with E-state index in [9.17, 15) is 9.18 Å². The molecule has 5 unspecified atom stereocenters. The lowest BCUT2D eigenvalue weighted by Gasteiger charge is -2.55. The molecule has 1 aliphatic carbocycles. The van der Waals surface area contributed by atoms with Crippen molar-refractivity contribution >= 4 is 17.5 Å². The molecule has 4 heterocycles. The molecule has 5 atom stereocenters. The highest BCUT2D eigenvalue weighted by molar-refractivity contribution is 5.69. The minimum Gasteiger partial charge on any atom is -0.444 e. The lowest BCUT2D eigenvalue weighted by Crippen LogP contribution is -2.63. The Bertz CT molecular complexity index is 715. The Morgan fingerprint density at radius 1 is 1.26 bits per heavy atom. The van der Waals surface area contributed by atoms with Gasteiger partial charge in [-0.1, -0.05) is 0 Å². The molecule has 27 heavy (non-hydrogen) atoms. The second kappa shape index (κ2) is 6.55. The summed E-state index contributed by atoms with van der Waals surface area (Å²) in [5, 5.41) is 0. The highest BCUT2D eigenvalue weighted by atomic mass is 19.1. The van der Waals surface area contributed by atoms with Gasteiger partial charge >= 0.3 is 6.09 Å². The van der Waals surface area contributed by atoms with Crippen molar-refractivity contribution in [3.05, 3.63) is 24.0 Å². The maximum absolute atomic E-state index is 14.3. The van der Waals surface area contributed by atoms with Crippen LogP contribution in [0.4, 0.5) is 20.6 Å². The van der Waals surface area contributed by atoms with E-state index in [-0.39, 0.29) is 30.3 Å². The second-order valence-electron chi connectivity index (χ2n) is 8.39. The van der Waals surface area contributed by atoms with Gasteiger partial charge in [0.2, 0.25) is 0 Å². The van der Waals surface area contributed by atoms with Crippen molar-refractivity contribution in [3.63, 3.8) is 0 Å². The van der Waals surface area contributed by atoms with Crippen LogP contribution in [0.25, 0.3) is 0 Å². The average molecular weight is 375 g/mol. The number of carbonyl (C=O) groups excluding carboxylic acids is 1. The summed E-state index contributed by atoms with van der Waals surface area (Å²) in [4.78, 5) is 16.6. The summed E-state index contributed by atoms with van der Waals surface area (Å²) in [5.74, 6) is 0.357. The number of nitrogens with two attached hydrogens (primary N) is 1. The first kappa shape index (κ1) is 17.1. The van der Waals surface area contributed by atoms with Gasteiger partial charge in [-0.25, -0.2) is 9.18 Å². The zero-order chi connectivity index (χ0) is 18.5. The summed E-state index contributed by atoms with van der Waals surface area (Å²) >= 11 is 0. The number of ether oxygens (including phenoxy) is 2. The zero-order valence-electron chi connectivity index (χ0n) is 15.4. The van der Waals surface area contributed by atoms with Crippen molar-refractivity contribution in [2.75, 3.05) is 23.7 Å². The van der Waals surface area contributed by atoms with Crippen LogP contribution >= 0.6 is 0 Å². The Balaban J connectivity index is 1.25. The third-order valence-corrected chi connectivity index (χ3v) is 6.49. The van der Waals surface area contributed by atoms with E-state index in [1.54, 1.807) is 12.1 Å². The van der Waals surface area contributed by atoms with Crippen molar-refractivity contribution in [1.29, 1.82) is 0 Å². The molecule has 1 aromatic carbocycles. The van der Waals surface area contributed by atoms with Crippen LogP contribution in [0.2, 0.25) is 0 Å². The zero-order valence-corrected chi connectivity index (χ0v) is 15.4. The van der Waals surface area contributed by atoms with E-state index >= 15 is 0 Å². The number of amides is 1. The molecular formula is C20H26FN3O3. The molecule has 7 heteroatoms. The number of piperidine rings is 2. The Morgan fingerprint density at radius 3 is 2.93 bits per heavy atom. The van der Waals surface area contributed by atoms with Crippen LogP contribution in [-0.2, 0) is 9.47 Å². The van der Waals surface area contributed by atoms with E-state index in [1.807, 2.05) is 9.80 Å². The quantitative estimate of drug-likeness (QED) is 0.805. The van der Waals surface area contributed by atoms with Crippen molar-refractivity contribution in [2.24, 2.45) is 5.92 Å². The predicted molar refractivity (Wildman–Crippen MR) is 98.8 cm³/mol.